The summed E-state index contributed by atoms with van der Waals surface area (Å²) in [7, 11) is -4.72. The Morgan fingerprint density at radius 1 is 1.38 bits per heavy atom. The second kappa shape index (κ2) is 2.54. The Labute approximate surface area is 44.6 Å². The van der Waals surface area contributed by atoms with Crippen LogP contribution in [0.4, 0.5) is 0 Å². The van der Waals surface area contributed by atoms with Gasteiger partial charge in [0.2, 0.25) is 0 Å². The van der Waals surface area contributed by atoms with Crippen LogP contribution in [0.2, 0.25) is 0 Å². The van der Waals surface area contributed by atoms with Gasteiger partial charge in [0, 0.05) is 0 Å². The van der Waals surface area contributed by atoms with Gasteiger partial charge in [-0.25, -0.2) is 9.09 Å². The molecule has 6 nitrogen and oxygen atoms in total. The van der Waals surface area contributed by atoms with Gasteiger partial charge in [0.15, 0.2) is 0 Å². The number of phosphoric ester groups is 1. The zero-order valence-corrected chi connectivity index (χ0v) is 4.52. The minimum absolute atomic E-state index is 2.42. The molecule has 0 radical (unpaired) electrons. The molecule has 0 aliphatic heterocycles. The van der Waals surface area contributed by atoms with E-state index in [0.29, 0.717) is 0 Å². The summed E-state index contributed by atoms with van der Waals surface area (Å²) in [5, 5.41) is 15.5. The maximum atomic E-state index is 9.59. The van der Waals surface area contributed by atoms with Crippen LogP contribution < -0.4 is 0 Å². The summed E-state index contributed by atoms with van der Waals surface area (Å²) < 4.78 is 12.8. The maximum Gasteiger partial charge on any atom is 0.473 e. The Kier molecular flexibility index (Phi) is 2.55. The SMILES string of the molecule is O=P(O)(O)OC(O)O. The third-order valence-electron chi connectivity index (χ3n) is 0.232. The van der Waals surface area contributed by atoms with E-state index in [0.717, 1.165) is 0 Å². The lowest BCUT2D eigenvalue weighted by atomic mass is 11.4. The van der Waals surface area contributed by atoms with Crippen molar-refractivity contribution in [2.24, 2.45) is 0 Å². The molecule has 0 aliphatic carbocycles. The molecule has 0 spiro atoms. The molecule has 0 saturated carbocycles. The lowest BCUT2D eigenvalue weighted by Crippen LogP contribution is -2.07. The van der Waals surface area contributed by atoms with Crippen molar-refractivity contribution in [3.8, 4) is 0 Å². The molecular weight excluding hydrogens is 139 g/mol. The van der Waals surface area contributed by atoms with Crippen LogP contribution in [0.15, 0.2) is 0 Å². The predicted molar refractivity (Wildman–Crippen MR) is 21.4 cm³/mol. The fraction of sp³-hybridized carbons (Fsp3) is 1.00. The Balaban J connectivity index is 3.56. The minimum Gasteiger partial charge on any atom is -0.346 e. The van der Waals surface area contributed by atoms with Gasteiger partial charge in [0.05, 0.1) is 0 Å². The molecule has 0 saturated heterocycles. The summed E-state index contributed by atoms with van der Waals surface area (Å²) in [5.41, 5.74) is 0. The molecule has 0 aromatic heterocycles. The van der Waals surface area contributed by atoms with Gasteiger partial charge in [-0.3, -0.25) is 0 Å². The summed E-state index contributed by atoms with van der Waals surface area (Å²) >= 11 is 0. The Morgan fingerprint density at radius 3 is 1.75 bits per heavy atom. The van der Waals surface area contributed by atoms with Crippen molar-refractivity contribution < 1.29 is 29.1 Å². The molecule has 0 atom stereocenters. The van der Waals surface area contributed by atoms with E-state index in [4.69, 9.17) is 20.0 Å². The first-order chi connectivity index (χ1) is 3.42. The van der Waals surface area contributed by atoms with Crippen molar-refractivity contribution in [1.29, 1.82) is 0 Å². The molecule has 50 valence electrons. The molecule has 0 bridgehead atoms. The summed E-state index contributed by atoms with van der Waals surface area (Å²) in [6.07, 6.45) is 0. The lowest BCUT2D eigenvalue weighted by molar-refractivity contribution is -0.188. The van der Waals surface area contributed by atoms with Gasteiger partial charge in [-0.05, 0) is 0 Å². The van der Waals surface area contributed by atoms with Gasteiger partial charge in [-0.15, -0.1) is 0 Å². The van der Waals surface area contributed by atoms with E-state index in [1.54, 1.807) is 0 Å². The molecule has 0 aliphatic rings. The molecular formula is CH5O6P. The molecule has 4 N–H and O–H groups in total. The highest BCUT2D eigenvalue weighted by molar-refractivity contribution is 7.46. The van der Waals surface area contributed by atoms with Crippen LogP contribution >= 0.6 is 7.82 Å². The normalized spacial score (nSPS) is 12.6. The van der Waals surface area contributed by atoms with E-state index < -0.39 is 14.3 Å². The Bertz CT molecular complexity index is 101. The van der Waals surface area contributed by atoms with Crippen LogP contribution in [0.5, 0.6) is 0 Å². The van der Waals surface area contributed by atoms with Gasteiger partial charge < -0.3 is 20.0 Å². The summed E-state index contributed by atoms with van der Waals surface area (Å²) in [5.74, 6) is 0. The Morgan fingerprint density at radius 2 is 1.75 bits per heavy atom. The van der Waals surface area contributed by atoms with E-state index in [1.807, 2.05) is 0 Å². The second-order valence-electron chi connectivity index (χ2n) is 0.922. The van der Waals surface area contributed by atoms with E-state index in [-0.39, 0.29) is 0 Å². The van der Waals surface area contributed by atoms with Crippen LogP contribution in [-0.4, -0.2) is 26.5 Å². The molecule has 0 unspecified atom stereocenters. The molecule has 8 heavy (non-hydrogen) atoms. The first kappa shape index (κ1) is 8.03. The zero-order valence-electron chi connectivity index (χ0n) is 3.63. The van der Waals surface area contributed by atoms with Crippen LogP contribution in [0.25, 0.3) is 0 Å². The highest BCUT2D eigenvalue weighted by atomic mass is 31.2. The van der Waals surface area contributed by atoms with Crippen molar-refractivity contribution in [3.05, 3.63) is 0 Å². The number of aliphatic hydroxyl groups is 2. The van der Waals surface area contributed by atoms with Crippen LogP contribution in [0.3, 0.4) is 0 Å². The van der Waals surface area contributed by atoms with Crippen LogP contribution in [0, 0.1) is 0 Å². The highest BCUT2D eigenvalue weighted by Gasteiger charge is 2.17. The van der Waals surface area contributed by atoms with Crippen molar-refractivity contribution >= 4 is 7.82 Å². The second-order valence-corrected chi connectivity index (χ2v) is 2.11. The minimum atomic E-state index is -4.72. The molecule has 0 fully saturated rings. The number of hydrogen-bond donors (Lipinski definition) is 4. The molecule has 7 heteroatoms. The average Bonchev–Trinajstić information content (AvgIpc) is 1.21. The molecule has 0 heterocycles. The first-order valence-electron chi connectivity index (χ1n) is 1.52. The van der Waals surface area contributed by atoms with Crippen LogP contribution in [0.1, 0.15) is 0 Å². The summed E-state index contributed by atoms with van der Waals surface area (Å²) in [4.78, 5) is 15.5. The largest absolute Gasteiger partial charge is 0.473 e. The Hall–Kier alpha value is 0.0300. The van der Waals surface area contributed by atoms with E-state index in [1.165, 1.54) is 0 Å². The lowest BCUT2D eigenvalue weighted by Gasteiger charge is -2.04. The number of rotatable bonds is 2. The fourth-order valence-electron chi connectivity index (χ4n) is 0.123. The quantitative estimate of drug-likeness (QED) is 0.273. The monoisotopic (exact) mass is 144 g/mol. The van der Waals surface area contributed by atoms with E-state index >= 15 is 0 Å². The topological polar surface area (TPSA) is 107 Å². The fourth-order valence-corrected chi connectivity index (χ4v) is 0.368. The van der Waals surface area contributed by atoms with Crippen molar-refractivity contribution in [3.63, 3.8) is 0 Å². The van der Waals surface area contributed by atoms with Gasteiger partial charge >= 0.3 is 7.82 Å². The predicted octanol–water partition coefficient (Wildman–Crippen LogP) is -1.64. The molecule has 0 rings (SSSR count). The third kappa shape index (κ3) is 6.03. The van der Waals surface area contributed by atoms with Gasteiger partial charge in [-0.2, -0.15) is 0 Å². The number of hydrogen-bond acceptors (Lipinski definition) is 4. The van der Waals surface area contributed by atoms with Crippen LogP contribution in [-0.2, 0) is 9.09 Å². The average molecular weight is 144 g/mol. The van der Waals surface area contributed by atoms with Gasteiger partial charge in [0.25, 0.3) is 6.48 Å². The number of phosphoric acid groups is 1. The summed E-state index contributed by atoms with van der Waals surface area (Å²) in [6.45, 7) is -2.42. The molecule has 0 aromatic rings. The first-order valence-corrected chi connectivity index (χ1v) is 3.05. The summed E-state index contributed by atoms with van der Waals surface area (Å²) in [6, 6.07) is 0. The van der Waals surface area contributed by atoms with E-state index in [9.17, 15) is 4.57 Å². The smallest absolute Gasteiger partial charge is 0.346 e. The van der Waals surface area contributed by atoms with Gasteiger partial charge in [0.1, 0.15) is 0 Å². The zero-order chi connectivity index (χ0) is 6.78. The molecule has 0 amide bonds. The van der Waals surface area contributed by atoms with Gasteiger partial charge in [-0.1, -0.05) is 0 Å². The maximum absolute atomic E-state index is 9.59. The third-order valence-corrected chi connectivity index (χ3v) is 0.695. The van der Waals surface area contributed by atoms with Crippen molar-refractivity contribution in [2.45, 2.75) is 6.48 Å². The van der Waals surface area contributed by atoms with Crippen molar-refractivity contribution in [2.75, 3.05) is 0 Å². The van der Waals surface area contributed by atoms with E-state index in [2.05, 4.69) is 4.52 Å². The standard InChI is InChI=1S/CH5O6P/c2-1(3)7-8(4,5)6/h1-3H,(H2,4,5,6). The van der Waals surface area contributed by atoms with Crippen molar-refractivity contribution in [1.82, 2.24) is 0 Å². The molecule has 0 aromatic carbocycles. The number of aliphatic hydroxyl groups excluding tert-OH is 1. The highest BCUT2D eigenvalue weighted by Crippen LogP contribution is 2.36.